The van der Waals surface area contributed by atoms with Gasteiger partial charge in [0.15, 0.2) is 5.82 Å². The third-order valence-electron chi connectivity index (χ3n) is 3.29. The van der Waals surface area contributed by atoms with Crippen molar-refractivity contribution in [1.82, 2.24) is 14.8 Å². The molecule has 0 atom stereocenters. The van der Waals surface area contributed by atoms with E-state index in [2.05, 4.69) is 21.7 Å². The Labute approximate surface area is 127 Å². The standard InChI is InChI=1S/C17H15FN4/c1-3-7-19-17-15(11-21-22(17)4-2)13-8-12-9-14(18)5-6-16(12)20-10-13/h4-11H,2-3H2,1H3/b19-7+. The van der Waals surface area contributed by atoms with E-state index >= 15 is 0 Å². The molecular weight excluding hydrogens is 279 g/mol. The van der Waals surface area contributed by atoms with E-state index in [4.69, 9.17) is 0 Å². The maximum atomic E-state index is 13.4. The second-order valence-electron chi connectivity index (χ2n) is 4.79. The van der Waals surface area contributed by atoms with E-state index in [9.17, 15) is 4.39 Å². The first-order chi connectivity index (χ1) is 10.7. The molecular formula is C17H15FN4. The van der Waals surface area contributed by atoms with Crippen LogP contribution in [0.2, 0.25) is 0 Å². The van der Waals surface area contributed by atoms with Gasteiger partial charge in [-0.05, 0) is 30.7 Å². The lowest BCUT2D eigenvalue weighted by molar-refractivity contribution is 0.629. The monoisotopic (exact) mass is 294 g/mol. The first-order valence-corrected chi connectivity index (χ1v) is 7.01. The molecule has 2 aromatic heterocycles. The van der Waals surface area contributed by atoms with Crippen LogP contribution in [-0.4, -0.2) is 21.0 Å². The van der Waals surface area contributed by atoms with Gasteiger partial charge in [-0.1, -0.05) is 13.5 Å². The van der Waals surface area contributed by atoms with Gasteiger partial charge in [0.05, 0.1) is 11.7 Å². The predicted octanol–water partition coefficient (Wildman–Crippen LogP) is 4.45. The van der Waals surface area contributed by atoms with Gasteiger partial charge in [-0.3, -0.25) is 4.98 Å². The summed E-state index contributed by atoms with van der Waals surface area (Å²) in [6, 6.07) is 6.43. The summed E-state index contributed by atoms with van der Waals surface area (Å²) in [7, 11) is 0. The van der Waals surface area contributed by atoms with Crippen molar-refractivity contribution < 1.29 is 4.39 Å². The second kappa shape index (κ2) is 5.89. The van der Waals surface area contributed by atoms with E-state index in [1.165, 1.54) is 12.1 Å². The van der Waals surface area contributed by atoms with E-state index in [1.807, 2.05) is 19.2 Å². The topological polar surface area (TPSA) is 43.1 Å². The molecule has 2 heterocycles. The molecule has 22 heavy (non-hydrogen) atoms. The average molecular weight is 294 g/mol. The van der Waals surface area contributed by atoms with E-state index < -0.39 is 0 Å². The molecule has 1 aromatic carbocycles. The van der Waals surface area contributed by atoms with Gasteiger partial charge in [0.25, 0.3) is 0 Å². The van der Waals surface area contributed by atoms with Gasteiger partial charge in [0.2, 0.25) is 0 Å². The van der Waals surface area contributed by atoms with Gasteiger partial charge < -0.3 is 0 Å². The summed E-state index contributed by atoms with van der Waals surface area (Å²) in [6.07, 6.45) is 7.69. The molecule has 0 aliphatic carbocycles. The molecule has 5 heteroatoms. The maximum Gasteiger partial charge on any atom is 0.162 e. The lowest BCUT2D eigenvalue weighted by Gasteiger charge is -2.04. The number of benzene rings is 1. The molecule has 0 fully saturated rings. The van der Waals surface area contributed by atoms with Gasteiger partial charge in [0.1, 0.15) is 5.82 Å². The van der Waals surface area contributed by atoms with Crippen LogP contribution in [0.4, 0.5) is 10.2 Å². The van der Waals surface area contributed by atoms with Crippen molar-refractivity contribution in [2.24, 2.45) is 4.99 Å². The van der Waals surface area contributed by atoms with Gasteiger partial charge in [-0.25, -0.2) is 14.1 Å². The van der Waals surface area contributed by atoms with E-state index in [1.54, 1.807) is 29.3 Å². The Morgan fingerprint density at radius 2 is 2.18 bits per heavy atom. The minimum absolute atomic E-state index is 0.280. The van der Waals surface area contributed by atoms with E-state index in [-0.39, 0.29) is 5.82 Å². The van der Waals surface area contributed by atoms with Crippen LogP contribution in [0.1, 0.15) is 13.3 Å². The Morgan fingerprint density at radius 3 is 2.95 bits per heavy atom. The molecule has 0 saturated carbocycles. The molecule has 4 nitrogen and oxygen atoms in total. The molecule has 3 aromatic rings. The molecule has 0 amide bonds. The van der Waals surface area contributed by atoms with Crippen molar-refractivity contribution in [3.8, 4) is 11.1 Å². The number of pyridine rings is 1. The number of aromatic nitrogens is 3. The number of fused-ring (bicyclic) bond motifs is 1. The first-order valence-electron chi connectivity index (χ1n) is 7.01. The zero-order valence-electron chi connectivity index (χ0n) is 12.2. The van der Waals surface area contributed by atoms with Crippen LogP contribution in [0.25, 0.3) is 28.2 Å². The Balaban J connectivity index is 2.16. The molecule has 0 spiro atoms. The molecule has 0 radical (unpaired) electrons. The normalized spacial score (nSPS) is 11.4. The third kappa shape index (κ3) is 2.53. The molecule has 0 saturated heterocycles. The molecule has 0 aliphatic heterocycles. The van der Waals surface area contributed by atoms with Crippen LogP contribution in [-0.2, 0) is 0 Å². The lowest BCUT2D eigenvalue weighted by Crippen LogP contribution is -1.88. The average Bonchev–Trinajstić information content (AvgIpc) is 2.94. The number of hydrogen-bond acceptors (Lipinski definition) is 3. The van der Waals surface area contributed by atoms with Crippen molar-refractivity contribution in [3.63, 3.8) is 0 Å². The van der Waals surface area contributed by atoms with E-state index in [0.29, 0.717) is 5.82 Å². The van der Waals surface area contributed by atoms with Gasteiger partial charge >= 0.3 is 0 Å². The number of rotatable bonds is 4. The predicted molar refractivity (Wildman–Crippen MR) is 87.8 cm³/mol. The summed E-state index contributed by atoms with van der Waals surface area (Å²) in [6.45, 7) is 5.74. The SMILES string of the molecule is C=Cn1ncc(-c2cnc3ccc(F)cc3c2)c1/N=C/CC. The fourth-order valence-electron chi connectivity index (χ4n) is 2.25. The number of halogens is 1. The Kier molecular flexibility index (Phi) is 3.78. The van der Waals surface area contributed by atoms with Gasteiger partial charge in [-0.2, -0.15) is 5.10 Å². The first kappa shape index (κ1) is 14.1. The van der Waals surface area contributed by atoms with Crippen molar-refractivity contribution in [1.29, 1.82) is 0 Å². The molecule has 0 unspecified atom stereocenters. The molecule has 110 valence electrons. The highest BCUT2D eigenvalue weighted by atomic mass is 19.1. The summed E-state index contributed by atoms with van der Waals surface area (Å²) >= 11 is 0. The lowest BCUT2D eigenvalue weighted by atomic mass is 10.1. The Bertz CT molecular complexity index is 864. The molecule has 3 rings (SSSR count). The third-order valence-corrected chi connectivity index (χ3v) is 3.29. The highest BCUT2D eigenvalue weighted by molar-refractivity contribution is 5.86. The molecule has 0 N–H and O–H groups in total. The van der Waals surface area contributed by atoms with Crippen LogP contribution >= 0.6 is 0 Å². The van der Waals surface area contributed by atoms with Crippen molar-refractivity contribution in [2.75, 3.05) is 0 Å². The highest BCUT2D eigenvalue weighted by Gasteiger charge is 2.11. The van der Waals surface area contributed by atoms with Crippen LogP contribution in [0, 0.1) is 5.82 Å². The quantitative estimate of drug-likeness (QED) is 0.667. The highest BCUT2D eigenvalue weighted by Crippen LogP contribution is 2.31. The summed E-state index contributed by atoms with van der Waals surface area (Å²) in [4.78, 5) is 8.81. The minimum atomic E-state index is -0.280. The van der Waals surface area contributed by atoms with Gasteiger partial charge in [0, 0.05) is 35.1 Å². The largest absolute Gasteiger partial charge is 0.256 e. The summed E-state index contributed by atoms with van der Waals surface area (Å²) in [5, 5.41) is 4.99. The number of nitrogens with zero attached hydrogens (tertiary/aromatic N) is 4. The van der Waals surface area contributed by atoms with Crippen molar-refractivity contribution >= 4 is 29.1 Å². The Morgan fingerprint density at radius 1 is 1.32 bits per heavy atom. The molecule has 0 aliphatic rings. The number of aliphatic imine (C=N–C) groups is 1. The second-order valence-corrected chi connectivity index (χ2v) is 4.79. The van der Waals surface area contributed by atoms with Crippen LogP contribution in [0.15, 0.2) is 48.2 Å². The number of hydrogen-bond donors (Lipinski definition) is 0. The smallest absolute Gasteiger partial charge is 0.162 e. The summed E-state index contributed by atoms with van der Waals surface area (Å²) in [5.74, 6) is 0.409. The summed E-state index contributed by atoms with van der Waals surface area (Å²) < 4.78 is 15.0. The van der Waals surface area contributed by atoms with Crippen molar-refractivity contribution in [3.05, 3.63) is 49.1 Å². The van der Waals surface area contributed by atoms with Gasteiger partial charge in [-0.15, -0.1) is 0 Å². The Hall–Kier alpha value is -2.82. The summed E-state index contributed by atoms with van der Waals surface area (Å²) in [5.41, 5.74) is 2.43. The van der Waals surface area contributed by atoms with Crippen LogP contribution in [0.3, 0.4) is 0 Å². The van der Waals surface area contributed by atoms with Crippen molar-refractivity contribution in [2.45, 2.75) is 13.3 Å². The van der Waals surface area contributed by atoms with Crippen LogP contribution < -0.4 is 0 Å². The zero-order chi connectivity index (χ0) is 15.5. The fourth-order valence-corrected chi connectivity index (χ4v) is 2.25. The zero-order valence-corrected chi connectivity index (χ0v) is 12.2. The maximum absolute atomic E-state index is 13.4. The molecule has 0 bridgehead atoms. The minimum Gasteiger partial charge on any atom is -0.256 e. The van der Waals surface area contributed by atoms with Crippen LogP contribution in [0.5, 0.6) is 0 Å². The van der Waals surface area contributed by atoms with E-state index in [0.717, 1.165) is 28.5 Å². The fraction of sp³-hybridized carbons (Fsp3) is 0.118.